The zero-order valence-corrected chi connectivity index (χ0v) is 15.4. The molecule has 1 fully saturated rings. The average Bonchev–Trinajstić information content (AvgIpc) is 3.14. The number of amides is 1. The Bertz CT molecular complexity index is 759. The minimum absolute atomic E-state index is 0.0947. The van der Waals surface area contributed by atoms with Gasteiger partial charge in [0.25, 0.3) is 5.91 Å². The van der Waals surface area contributed by atoms with Gasteiger partial charge >= 0.3 is 0 Å². The molecule has 0 bridgehead atoms. The first kappa shape index (κ1) is 18.5. The lowest BCUT2D eigenvalue weighted by atomic mass is 10.2. The van der Waals surface area contributed by atoms with Gasteiger partial charge in [-0.15, -0.1) is 0 Å². The molecule has 26 heavy (non-hydrogen) atoms. The minimum atomic E-state index is -0.257. The molecule has 138 valence electrons. The van der Waals surface area contributed by atoms with Gasteiger partial charge < -0.3 is 19.5 Å². The molecule has 1 aliphatic heterocycles. The predicted octanol–water partition coefficient (Wildman–Crippen LogP) is 4.22. The number of nitrogens with one attached hydrogen (secondary N) is 1. The van der Waals surface area contributed by atoms with Crippen molar-refractivity contribution in [2.24, 2.45) is 0 Å². The third kappa shape index (κ3) is 5.13. The maximum atomic E-state index is 12.2. The van der Waals surface area contributed by atoms with Crippen LogP contribution in [0.2, 0.25) is 5.02 Å². The highest BCUT2D eigenvalue weighted by Gasteiger charge is 2.17. The summed E-state index contributed by atoms with van der Waals surface area (Å²) < 4.78 is 17.0. The van der Waals surface area contributed by atoms with Gasteiger partial charge in [0.1, 0.15) is 18.1 Å². The molecule has 0 spiro atoms. The monoisotopic (exact) mass is 375 g/mol. The van der Waals surface area contributed by atoms with Gasteiger partial charge in [-0.3, -0.25) is 4.79 Å². The fourth-order valence-corrected chi connectivity index (χ4v) is 2.99. The lowest BCUT2D eigenvalue weighted by Gasteiger charge is -2.15. The van der Waals surface area contributed by atoms with Crippen LogP contribution < -0.4 is 14.8 Å². The highest BCUT2D eigenvalue weighted by atomic mass is 35.5. The summed E-state index contributed by atoms with van der Waals surface area (Å²) in [7, 11) is 0. The van der Waals surface area contributed by atoms with E-state index in [0.717, 1.165) is 25.0 Å². The molecule has 0 radical (unpaired) electrons. The number of carbonyl (C=O) groups excluding carboxylic acids is 1. The molecule has 1 heterocycles. The molecule has 1 amide bonds. The molecule has 6 heteroatoms. The van der Waals surface area contributed by atoms with Gasteiger partial charge in [0, 0.05) is 11.6 Å². The van der Waals surface area contributed by atoms with Crippen LogP contribution in [0.1, 0.15) is 18.4 Å². The van der Waals surface area contributed by atoms with Crippen LogP contribution in [0.25, 0.3) is 0 Å². The first-order valence-corrected chi connectivity index (χ1v) is 9.02. The van der Waals surface area contributed by atoms with Gasteiger partial charge in [0.05, 0.1) is 11.8 Å². The van der Waals surface area contributed by atoms with Crippen molar-refractivity contribution >= 4 is 23.2 Å². The zero-order valence-electron chi connectivity index (χ0n) is 14.7. The molecule has 2 aromatic rings. The molecule has 1 saturated heterocycles. The van der Waals surface area contributed by atoms with Crippen molar-refractivity contribution in [3.8, 4) is 11.5 Å². The van der Waals surface area contributed by atoms with E-state index < -0.39 is 0 Å². The predicted molar refractivity (Wildman–Crippen MR) is 101 cm³/mol. The largest absolute Gasteiger partial charge is 0.489 e. The van der Waals surface area contributed by atoms with Gasteiger partial charge in [-0.25, -0.2) is 0 Å². The molecule has 0 unspecified atom stereocenters. The molecule has 2 aromatic carbocycles. The Kier molecular flexibility index (Phi) is 6.36. The van der Waals surface area contributed by atoms with Crippen LogP contribution >= 0.6 is 11.6 Å². The Hall–Kier alpha value is -2.24. The van der Waals surface area contributed by atoms with E-state index in [2.05, 4.69) is 5.32 Å². The van der Waals surface area contributed by atoms with Crippen molar-refractivity contribution < 1.29 is 19.0 Å². The number of hydrogen-bond acceptors (Lipinski definition) is 4. The summed E-state index contributed by atoms with van der Waals surface area (Å²) in [6.45, 7) is 3.05. The summed E-state index contributed by atoms with van der Waals surface area (Å²) in [6, 6.07) is 12.6. The molecule has 3 rings (SSSR count). The van der Waals surface area contributed by atoms with Gasteiger partial charge in [0.15, 0.2) is 6.61 Å². The molecule has 0 aromatic heterocycles. The molecule has 1 aliphatic rings. The standard InChI is InChI=1S/C20H22ClNO4/c1-14-11-15(21)8-9-18(14)26-13-20(23)22-17-6-2-3-7-19(17)25-12-16-5-4-10-24-16/h2-3,6-9,11,16H,4-5,10,12-13H2,1H3,(H,22,23)/t16-/m1/s1. The summed E-state index contributed by atoms with van der Waals surface area (Å²) in [6.07, 6.45) is 2.19. The van der Waals surface area contributed by atoms with Crippen LogP contribution in [0.5, 0.6) is 11.5 Å². The molecule has 1 atom stereocenters. The van der Waals surface area contributed by atoms with Crippen LogP contribution in [-0.4, -0.2) is 31.8 Å². The molecule has 1 N–H and O–H groups in total. The van der Waals surface area contributed by atoms with E-state index in [4.69, 9.17) is 25.8 Å². The van der Waals surface area contributed by atoms with Crippen LogP contribution in [-0.2, 0) is 9.53 Å². The van der Waals surface area contributed by atoms with E-state index in [-0.39, 0.29) is 18.6 Å². The average molecular weight is 376 g/mol. The normalized spacial score (nSPS) is 16.3. The van der Waals surface area contributed by atoms with Gasteiger partial charge in [-0.05, 0) is 55.7 Å². The molecule has 5 nitrogen and oxygen atoms in total. The smallest absolute Gasteiger partial charge is 0.262 e. The summed E-state index contributed by atoms with van der Waals surface area (Å²) in [5, 5.41) is 3.47. The van der Waals surface area contributed by atoms with Gasteiger partial charge in [-0.1, -0.05) is 23.7 Å². The molecular weight excluding hydrogens is 354 g/mol. The maximum absolute atomic E-state index is 12.2. The molecule has 0 aliphatic carbocycles. The van der Waals surface area contributed by atoms with Gasteiger partial charge in [0.2, 0.25) is 0 Å². The Morgan fingerprint density at radius 3 is 2.85 bits per heavy atom. The number of ether oxygens (including phenoxy) is 3. The van der Waals surface area contributed by atoms with Crippen molar-refractivity contribution in [3.63, 3.8) is 0 Å². The van der Waals surface area contributed by atoms with Crippen LogP contribution in [0.4, 0.5) is 5.69 Å². The van der Waals surface area contributed by atoms with Gasteiger partial charge in [-0.2, -0.15) is 0 Å². The fourth-order valence-electron chi connectivity index (χ4n) is 2.76. The highest BCUT2D eigenvalue weighted by molar-refractivity contribution is 6.30. The third-order valence-corrected chi connectivity index (χ3v) is 4.34. The minimum Gasteiger partial charge on any atom is -0.489 e. The number of rotatable bonds is 7. The van der Waals surface area contributed by atoms with Crippen molar-refractivity contribution in [2.45, 2.75) is 25.9 Å². The quantitative estimate of drug-likeness (QED) is 0.787. The van der Waals surface area contributed by atoms with E-state index >= 15 is 0 Å². The second-order valence-electron chi connectivity index (χ2n) is 6.19. The van der Waals surface area contributed by atoms with E-state index in [0.29, 0.717) is 28.8 Å². The van der Waals surface area contributed by atoms with E-state index in [1.165, 1.54) is 0 Å². The van der Waals surface area contributed by atoms with E-state index in [9.17, 15) is 4.79 Å². The fraction of sp³-hybridized carbons (Fsp3) is 0.350. The number of benzene rings is 2. The second kappa shape index (κ2) is 8.92. The topological polar surface area (TPSA) is 56.8 Å². The van der Waals surface area contributed by atoms with E-state index in [1.54, 1.807) is 24.3 Å². The van der Waals surface area contributed by atoms with E-state index in [1.807, 2.05) is 25.1 Å². The number of carbonyl (C=O) groups is 1. The lowest BCUT2D eigenvalue weighted by Crippen LogP contribution is -2.21. The first-order chi connectivity index (χ1) is 12.6. The second-order valence-corrected chi connectivity index (χ2v) is 6.63. The highest BCUT2D eigenvalue weighted by Crippen LogP contribution is 2.25. The number of hydrogen-bond donors (Lipinski definition) is 1. The summed E-state index contributed by atoms with van der Waals surface area (Å²) >= 11 is 5.92. The zero-order chi connectivity index (χ0) is 18.4. The SMILES string of the molecule is Cc1cc(Cl)ccc1OCC(=O)Nc1ccccc1OC[C@H]1CCCO1. The molecule has 0 saturated carbocycles. The van der Waals surface area contributed by atoms with Crippen molar-refractivity contribution in [1.29, 1.82) is 0 Å². The Labute approximate surface area is 158 Å². The summed E-state index contributed by atoms with van der Waals surface area (Å²) in [5.74, 6) is 0.999. The lowest BCUT2D eigenvalue weighted by molar-refractivity contribution is -0.118. The Morgan fingerprint density at radius 2 is 2.08 bits per heavy atom. The first-order valence-electron chi connectivity index (χ1n) is 8.64. The van der Waals surface area contributed by atoms with Crippen molar-refractivity contribution in [1.82, 2.24) is 0 Å². The van der Waals surface area contributed by atoms with Crippen molar-refractivity contribution in [3.05, 3.63) is 53.1 Å². The number of para-hydroxylation sites is 2. The number of anilines is 1. The Morgan fingerprint density at radius 1 is 1.23 bits per heavy atom. The number of halogens is 1. The van der Waals surface area contributed by atoms with Crippen LogP contribution in [0, 0.1) is 6.92 Å². The summed E-state index contributed by atoms with van der Waals surface area (Å²) in [4.78, 5) is 12.2. The number of aryl methyl sites for hydroxylation is 1. The summed E-state index contributed by atoms with van der Waals surface area (Å²) in [5.41, 5.74) is 1.50. The Balaban J connectivity index is 1.55. The van der Waals surface area contributed by atoms with Crippen molar-refractivity contribution in [2.75, 3.05) is 25.1 Å². The van der Waals surface area contributed by atoms with Crippen LogP contribution in [0.3, 0.4) is 0 Å². The molecular formula is C20H22ClNO4. The third-order valence-electron chi connectivity index (χ3n) is 4.11. The maximum Gasteiger partial charge on any atom is 0.262 e. The van der Waals surface area contributed by atoms with Crippen LogP contribution in [0.15, 0.2) is 42.5 Å².